The Labute approximate surface area is 333 Å². The molecular formula is C39H38ClF6N9O3. The molecule has 12 nitrogen and oxygen atoms in total. The molecular weight excluding hydrogens is 792 g/mol. The lowest BCUT2D eigenvalue weighted by molar-refractivity contribution is -0.153. The first-order chi connectivity index (χ1) is 27.2. The maximum absolute atomic E-state index is 15.2. The van der Waals surface area contributed by atoms with Gasteiger partial charge in [-0.1, -0.05) is 50.6 Å². The molecule has 1 fully saturated rings. The first kappa shape index (κ1) is 40.7. The Morgan fingerprint density at radius 3 is 2.40 bits per heavy atom. The smallest absolute Gasteiger partial charge is 0.333 e. The van der Waals surface area contributed by atoms with E-state index in [1.165, 1.54) is 30.6 Å². The SMILES string of the molecule is CC(C)(C)C[C@]1(c2ccc3nc(-c4cnn(C(F)F)c4)ccc3c2)N=C(N)N([C@H](COC(=O)CC2(C(C)(F)F)CC2)c2ccc(Cl)c(-n3ncnc3C(F)F)c2)C1=O. The number of rotatable bonds is 13. The van der Waals surface area contributed by atoms with Crippen LogP contribution < -0.4 is 5.73 Å². The number of amides is 1. The molecule has 0 radical (unpaired) electrons. The van der Waals surface area contributed by atoms with Gasteiger partial charge in [-0.2, -0.15) is 19.0 Å². The van der Waals surface area contributed by atoms with Crippen LogP contribution in [0.4, 0.5) is 26.3 Å². The number of pyridine rings is 1. The van der Waals surface area contributed by atoms with Crippen molar-refractivity contribution in [3.05, 3.63) is 89.2 Å². The van der Waals surface area contributed by atoms with Crippen molar-refractivity contribution in [2.75, 3.05) is 6.61 Å². The van der Waals surface area contributed by atoms with Gasteiger partial charge in [0, 0.05) is 22.6 Å². The Morgan fingerprint density at radius 1 is 1.02 bits per heavy atom. The molecule has 4 heterocycles. The normalized spacial score (nSPS) is 18.7. The van der Waals surface area contributed by atoms with E-state index >= 15 is 4.79 Å². The van der Waals surface area contributed by atoms with E-state index in [9.17, 15) is 31.1 Å². The summed E-state index contributed by atoms with van der Waals surface area (Å²) in [6, 6.07) is 11.4. The number of nitrogens with two attached hydrogens (primary N) is 1. The molecule has 1 saturated carbocycles. The highest BCUT2D eigenvalue weighted by Crippen LogP contribution is 2.59. The van der Waals surface area contributed by atoms with Crippen LogP contribution in [0.25, 0.3) is 27.8 Å². The van der Waals surface area contributed by atoms with Crippen molar-refractivity contribution in [2.45, 2.75) is 83.9 Å². The monoisotopic (exact) mass is 829 g/mol. The summed E-state index contributed by atoms with van der Waals surface area (Å²) in [5, 5.41) is 8.19. The quantitative estimate of drug-likeness (QED) is 0.0918. The molecule has 19 heteroatoms. The highest BCUT2D eigenvalue weighted by atomic mass is 35.5. The molecule has 2 aromatic carbocycles. The van der Waals surface area contributed by atoms with Crippen molar-refractivity contribution in [1.29, 1.82) is 0 Å². The second-order valence-corrected chi connectivity index (χ2v) is 16.3. The fourth-order valence-electron chi connectivity index (χ4n) is 7.42. The summed E-state index contributed by atoms with van der Waals surface area (Å²) in [5.74, 6) is -5.65. The number of carbonyl (C=O) groups excluding carboxylic acids is 2. The van der Waals surface area contributed by atoms with E-state index in [1.54, 1.807) is 30.3 Å². The Bertz CT molecular complexity index is 2420. The zero-order chi connectivity index (χ0) is 41.9. The summed E-state index contributed by atoms with van der Waals surface area (Å²) < 4.78 is 90.1. The molecule has 0 saturated heterocycles. The Hall–Kier alpha value is -5.52. The minimum atomic E-state index is -3.14. The van der Waals surface area contributed by atoms with Crippen LogP contribution in [0.5, 0.6) is 0 Å². The van der Waals surface area contributed by atoms with Gasteiger partial charge in [-0.05, 0) is 73.1 Å². The maximum Gasteiger partial charge on any atom is 0.333 e. The second-order valence-electron chi connectivity index (χ2n) is 15.9. The summed E-state index contributed by atoms with van der Waals surface area (Å²) >= 11 is 6.48. The molecule has 306 valence electrons. The van der Waals surface area contributed by atoms with Crippen LogP contribution in [0, 0.1) is 10.8 Å². The molecule has 2 N–H and O–H groups in total. The number of esters is 1. The van der Waals surface area contributed by atoms with Crippen molar-refractivity contribution in [3.8, 4) is 16.9 Å². The molecule has 7 rings (SSSR count). The van der Waals surface area contributed by atoms with E-state index < -0.39 is 72.0 Å². The van der Waals surface area contributed by atoms with Crippen LogP contribution in [-0.2, 0) is 19.9 Å². The van der Waals surface area contributed by atoms with E-state index in [0.29, 0.717) is 32.4 Å². The molecule has 3 aromatic heterocycles. The predicted molar refractivity (Wildman–Crippen MR) is 200 cm³/mol. The maximum atomic E-state index is 15.2. The molecule has 1 amide bonds. The number of alkyl halides is 6. The third kappa shape index (κ3) is 7.60. The number of aromatic nitrogens is 6. The molecule has 0 unspecified atom stereocenters. The van der Waals surface area contributed by atoms with Crippen molar-refractivity contribution in [1.82, 2.24) is 34.4 Å². The highest BCUT2D eigenvalue weighted by Gasteiger charge is 2.60. The van der Waals surface area contributed by atoms with E-state index in [2.05, 4.69) is 20.2 Å². The minimum absolute atomic E-state index is 0.000000536. The lowest BCUT2D eigenvalue weighted by atomic mass is 9.75. The fraction of sp³-hybridized carbons (Fsp3) is 0.410. The van der Waals surface area contributed by atoms with Gasteiger partial charge in [0.25, 0.3) is 18.3 Å². The van der Waals surface area contributed by atoms with Crippen molar-refractivity contribution in [3.63, 3.8) is 0 Å². The van der Waals surface area contributed by atoms with Gasteiger partial charge in [-0.25, -0.2) is 41.9 Å². The number of ether oxygens (including phenoxy) is 1. The molecule has 2 aliphatic rings. The van der Waals surface area contributed by atoms with Gasteiger partial charge in [-0.15, -0.1) is 0 Å². The van der Waals surface area contributed by atoms with Gasteiger partial charge in [0.15, 0.2) is 17.3 Å². The number of aliphatic imine (C=N–C) groups is 1. The number of benzene rings is 2. The van der Waals surface area contributed by atoms with E-state index in [4.69, 9.17) is 27.1 Å². The number of hydrogen-bond donors (Lipinski definition) is 1. The largest absolute Gasteiger partial charge is 0.463 e. The predicted octanol–water partition coefficient (Wildman–Crippen LogP) is 8.56. The zero-order valence-electron chi connectivity index (χ0n) is 31.6. The summed E-state index contributed by atoms with van der Waals surface area (Å²) in [6.07, 6.45) is 0.176. The highest BCUT2D eigenvalue weighted by molar-refractivity contribution is 6.32. The number of halogens is 7. The molecule has 0 bridgehead atoms. The zero-order valence-corrected chi connectivity index (χ0v) is 32.4. The van der Waals surface area contributed by atoms with Gasteiger partial charge in [0.2, 0.25) is 0 Å². The van der Waals surface area contributed by atoms with Crippen LogP contribution in [-0.4, -0.2) is 64.8 Å². The number of carbonyl (C=O) groups is 2. The summed E-state index contributed by atoms with van der Waals surface area (Å²) in [4.78, 5) is 42.6. The average molecular weight is 830 g/mol. The molecule has 2 atom stereocenters. The fourth-order valence-corrected chi connectivity index (χ4v) is 7.62. The van der Waals surface area contributed by atoms with Crippen molar-refractivity contribution >= 4 is 40.3 Å². The first-order valence-corrected chi connectivity index (χ1v) is 18.5. The number of guanidine groups is 1. The lowest BCUT2D eigenvalue weighted by Crippen LogP contribution is -2.47. The number of fused-ring (bicyclic) bond motifs is 1. The van der Waals surface area contributed by atoms with Gasteiger partial charge < -0.3 is 10.5 Å². The second kappa shape index (κ2) is 14.7. The van der Waals surface area contributed by atoms with Crippen molar-refractivity contribution < 1.29 is 40.7 Å². The van der Waals surface area contributed by atoms with Crippen LogP contribution in [0.2, 0.25) is 5.02 Å². The summed E-state index contributed by atoms with van der Waals surface area (Å²) in [7, 11) is 0. The Kier molecular flexibility index (Phi) is 10.3. The minimum Gasteiger partial charge on any atom is -0.463 e. The van der Waals surface area contributed by atoms with Gasteiger partial charge >= 0.3 is 12.5 Å². The molecule has 1 aliphatic heterocycles. The van der Waals surface area contributed by atoms with E-state index in [0.717, 1.165) is 22.8 Å². The third-order valence-corrected chi connectivity index (χ3v) is 10.8. The van der Waals surface area contributed by atoms with E-state index in [-0.39, 0.29) is 41.5 Å². The van der Waals surface area contributed by atoms with Crippen LogP contribution in [0.3, 0.4) is 0 Å². The van der Waals surface area contributed by atoms with Crippen LogP contribution in [0.15, 0.2) is 72.2 Å². The molecule has 5 aromatic rings. The lowest BCUT2D eigenvalue weighted by Gasteiger charge is -2.35. The standard InChI is InChI=1S/C39H38ClF6N9O3/c1-36(2,3)19-39(24-7-10-26-21(13-24)6-9-27(51-26)23-16-49-53(17-23)34(43)44)33(57)54(35(47)52-39)29(18-58-30(56)15-38(11-12-38)37(4,45)46)22-5-8-25(40)28(14-22)55-32(31(41)42)48-20-50-55/h5-10,13-14,16-17,20,29,31,34H,11-12,15,18-19H2,1-4H3,(H2,47,52)/t29-,39-/m1/s1. The van der Waals surface area contributed by atoms with Crippen LogP contribution >= 0.6 is 11.6 Å². The molecule has 0 spiro atoms. The van der Waals surface area contributed by atoms with Crippen LogP contribution in [0.1, 0.15) is 89.3 Å². The third-order valence-electron chi connectivity index (χ3n) is 10.5. The van der Waals surface area contributed by atoms with Gasteiger partial charge in [0.1, 0.15) is 12.9 Å². The molecule has 58 heavy (non-hydrogen) atoms. The Morgan fingerprint density at radius 2 is 1.76 bits per heavy atom. The van der Waals surface area contributed by atoms with Crippen molar-refractivity contribution in [2.24, 2.45) is 21.6 Å². The van der Waals surface area contributed by atoms with Gasteiger partial charge in [-0.3, -0.25) is 14.5 Å². The summed E-state index contributed by atoms with van der Waals surface area (Å²) in [5.41, 5.74) is 4.78. The number of hydrogen-bond acceptors (Lipinski definition) is 9. The van der Waals surface area contributed by atoms with Gasteiger partial charge in [0.05, 0.1) is 40.6 Å². The Balaban J connectivity index is 1.29. The summed E-state index contributed by atoms with van der Waals surface area (Å²) in [6.45, 7) is 3.08. The van der Waals surface area contributed by atoms with E-state index in [1.807, 2.05) is 20.8 Å². The number of nitrogens with zero attached hydrogens (tertiary/aromatic N) is 8. The first-order valence-electron chi connectivity index (χ1n) is 18.2. The topological polar surface area (TPSA) is 146 Å². The molecule has 1 aliphatic carbocycles. The average Bonchev–Trinajstić information content (AvgIpc) is 3.45.